The SMILES string of the molecule is CC(C)[Si](C#CCC/C=C/[C@H]1OC(C)(C)C[C@@H]1[C@H]1C[C@H](O[Si](C)(C)C(C)(C)C)[C@@H](C)[C@@H](C/C=C/[C@@H]2O[C@@H]3C[C@@H](O[C@@H]3COC(=O)C(C)(C)C)[C@H]2C)O1)(C(C)C)C(C)C. The summed E-state index contributed by atoms with van der Waals surface area (Å²) < 4.78 is 39.9. The van der Waals surface area contributed by atoms with Gasteiger partial charge in [0.2, 0.25) is 0 Å². The van der Waals surface area contributed by atoms with Gasteiger partial charge in [0.15, 0.2) is 8.32 Å². The van der Waals surface area contributed by atoms with Crippen LogP contribution < -0.4 is 0 Å². The smallest absolute Gasteiger partial charge is 0.311 e. The van der Waals surface area contributed by atoms with E-state index < -0.39 is 21.8 Å². The van der Waals surface area contributed by atoms with Crippen molar-refractivity contribution in [1.29, 1.82) is 0 Å². The number of carbonyl (C=O) groups is 1. The largest absolute Gasteiger partial charge is 0.462 e. The quantitative estimate of drug-likeness (QED) is 0.0567. The van der Waals surface area contributed by atoms with E-state index in [-0.39, 0.29) is 89.8 Å². The van der Waals surface area contributed by atoms with E-state index in [9.17, 15) is 4.79 Å². The Balaban J connectivity index is 1.48. The third-order valence-corrected chi connectivity index (χ3v) is 25.5. The van der Waals surface area contributed by atoms with Crippen molar-refractivity contribution in [2.45, 2.75) is 238 Å². The highest BCUT2D eigenvalue weighted by molar-refractivity contribution is 6.90. The lowest BCUT2D eigenvalue weighted by Crippen LogP contribution is -2.53. The van der Waals surface area contributed by atoms with Crippen LogP contribution in [0.2, 0.25) is 34.8 Å². The molecular weight excluding hydrogens is 757 g/mol. The Bertz CT molecular complexity index is 1450. The fraction of sp³-hybridized carbons (Fsp3) is 0.857. The van der Waals surface area contributed by atoms with Crippen molar-refractivity contribution >= 4 is 22.4 Å². The molecule has 11 atom stereocenters. The van der Waals surface area contributed by atoms with Gasteiger partial charge in [-0.05, 0) is 95.1 Å². The van der Waals surface area contributed by atoms with Gasteiger partial charge in [-0.15, -0.1) is 11.5 Å². The Morgan fingerprint density at radius 3 is 2.00 bits per heavy atom. The molecule has 0 amide bonds. The molecule has 4 heterocycles. The number of allylic oxidation sites excluding steroid dienone is 1. The second-order valence-electron chi connectivity index (χ2n) is 22.6. The maximum Gasteiger partial charge on any atom is 0.311 e. The molecule has 4 fully saturated rings. The van der Waals surface area contributed by atoms with Gasteiger partial charge in [-0.2, -0.15) is 0 Å². The molecule has 0 spiro atoms. The minimum absolute atomic E-state index is 0.0101. The van der Waals surface area contributed by atoms with Gasteiger partial charge in [0, 0.05) is 30.6 Å². The highest BCUT2D eigenvalue weighted by Crippen LogP contribution is 2.46. The molecule has 9 heteroatoms. The zero-order valence-electron chi connectivity index (χ0n) is 40.2. The average molecular weight is 843 g/mol. The number of hydrogen-bond acceptors (Lipinski definition) is 7. The molecule has 332 valence electrons. The van der Waals surface area contributed by atoms with Gasteiger partial charge in [-0.1, -0.05) is 100 Å². The van der Waals surface area contributed by atoms with Crippen LogP contribution in [0.3, 0.4) is 0 Å². The standard InChI is InChI=1S/C49H86O7Si2/c1-32(2)58(33(3)4,34(5)6)27-22-20-19-21-24-40-37(30-49(15,16)55-40)43-29-42(56-57(17,18)48(12,13)14)36(8)39(52-43)26-23-25-38-35(7)41-28-44(53-38)45(54-41)31-51-46(50)47(9,10)11/h21,23-25,32-45H,19-20,26,28-31H2,1-18H3/b24-21+,25-23+/t35-,36-,37-,38-,39+,40+,41+,42-,43+,44+,45+/m0/s1. The number of carbonyl (C=O) groups excluding carboxylic acids is 1. The summed E-state index contributed by atoms with van der Waals surface area (Å²) in [6, 6.07) is 0. The molecule has 0 saturated carbocycles. The van der Waals surface area contributed by atoms with Crippen LogP contribution in [-0.2, 0) is 32.9 Å². The Kier molecular flexibility index (Phi) is 16.5. The highest BCUT2D eigenvalue weighted by Gasteiger charge is 2.51. The van der Waals surface area contributed by atoms with Gasteiger partial charge in [0.1, 0.15) is 20.8 Å². The summed E-state index contributed by atoms with van der Waals surface area (Å²) in [6.45, 7) is 40.9. The number of esters is 1. The summed E-state index contributed by atoms with van der Waals surface area (Å²) in [7, 11) is -3.77. The lowest BCUT2D eigenvalue weighted by molar-refractivity contribution is -0.158. The number of unbranched alkanes of at least 4 members (excludes halogenated alkanes) is 1. The Labute approximate surface area is 358 Å². The summed E-state index contributed by atoms with van der Waals surface area (Å²) >= 11 is 0. The van der Waals surface area contributed by atoms with Gasteiger partial charge in [0.05, 0.1) is 53.7 Å². The number of hydrogen-bond donors (Lipinski definition) is 0. The Morgan fingerprint density at radius 1 is 0.810 bits per heavy atom. The molecular formula is C49H86O7Si2. The molecule has 0 aliphatic carbocycles. The molecule has 0 radical (unpaired) electrons. The zero-order chi connectivity index (χ0) is 43.6. The van der Waals surface area contributed by atoms with E-state index in [0.29, 0.717) is 16.6 Å². The molecule has 2 bridgehead atoms. The van der Waals surface area contributed by atoms with Crippen molar-refractivity contribution in [1.82, 2.24) is 0 Å². The van der Waals surface area contributed by atoms with Crippen molar-refractivity contribution in [2.75, 3.05) is 6.61 Å². The second-order valence-corrected chi connectivity index (χ2v) is 32.9. The van der Waals surface area contributed by atoms with Crippen LogP contribution >= 0.6 is 0 Å². The predicted molar refractivity (Wildman–Crippen MR) is 244 cm³/mol. The van der Waals surface area contributed by atoms with Crippen LogP contribution in [0.4, 0.5) is 0 Å². The van der Waals surface area contributed by atoms with Gasteiger partial charge in [0.25, 0.3) is 0 Å². The number of ether oxygens (including phenoxy) is 5. The molecule has 58 heavy (non-hydrogen) atoms. The molecule has 0 N–H and O–H groups in total. The first-order valence-electron chi connectivity index (χ1n) is 23.0. The van der Waals surface area contributed by atoms with Crippen LogP contribution in [0.15, 0.2) is 24.3 Å². The maximum atomic E-state index is 12.5. The van der Waals surface area contributed by atoms with Crippen LogP contribution in [-0.4, -0.2) is 83.4 Å². The van der Waals surface area contributed by atoms with E-state index in [2.05, 4.69) is 139 Å². The molecule has 4 saturated heterocycles. The molecule has 0 aromatic heterocycles. The van der Waals surface area contributed by atoms with Gasteiger partial charge in [-0.25, -0.2) is 0 Å². The summed E-state index contributed by atoms with van der Waals surface area (Å²) in [5.41, 5.74) is 5.06. The minimum Gasteiger partial charge on any atom is -0.462 e. The number of rotatable bonds is 14. The fourth-order valence-electron chi connectivity index (χ4n) is 9.95. The first-order chi connectivity index (χ1) is 26.7. The van der Waals surface area contributed by atoms with Crippen molar-refractivity contribution < 1.29 is 32.9 Å². The van der Waals surface area contributed by atoms with Crippen LogP contribution in [0.5, 0.6) is 0 Å². The van der Waals surface area contributed by atoms with E-state index in [1.165, 1.54) is 0 Å². The molecule has 4 rings (SSSR count). The van der Waals surface area contributed by atoms with Crippen molar-refractivity contribution in [3.8, 4) is 11.5 Å². The van der Waals surface area contributed by atoms with E-state index >= 15 is 0 Å². The molecule has 0 aromatic rings. The van der Waals surface area contributed by atoms with E-state index in [1.807, 2.05) is 20.8 Å². The maximum absolute atomic E-state index is 12.5. The summed E-state index contributed by atoms with van der Waals surface area (Å²) in [5, 5.41) is 0.114. The van der Waals surface area contributed by atoms with Crippen LogP contribution in [0, 0.1) is 34.6 Å². The lowest BCUT2D eigenvalue weighted by atomic mass is 9.80. The third kappa shape index (κ3) is 11.8. The van der Waals surface area contributed by atoms with Crippen molar-refractivity contribution in [2.24, 2.45) is 23.2 Å². The van der Waals surface area contributed by atoms with E-state index in [0.717, 1.165) is 38.5 Å². The third-order valence-electron chi connectivity index (χ3n) is 14.6. The Morgan fingerprint density at radius 2 is 1.41 bits per heavy atom. The summed E-state index contributed by atoms with van der Waals surface area (Å²) in [5.74, 6) is 4.11. The topological polar surface area (TPSA) is 72.5 Å². The van der Waals surface area contributed by atoms with Gasteiger partial charge < -0.3 is 28.1 Å². The summed E-state index contributed by atoms with van der Waals surface area (Å²) in [6.07, 6.45) is 14.2. The zero-order valence-corrected chi connectivity index (χ0v) is 42.2. The summed E-state index contributed by atoms with van der Waals surface area (Å²) in [4.78, 5) is 12.5. The molecule has 7 nitrogen and oxygen atoms in total. The van der Waals surface area contributed by atoms with E-state index in [1.54, 1.807) is 0 Å². The Hall–Kier alpha value is -1.26. The predicted octanol–water partition coefficient (Wildman–Crippen LogP) is 12.0. The minimum atomic E-state index is -2.05. The second kappa shape index (κ2) is 19.4. The normalized spacial score (nSPS) is 33.4. The van der Waals surface area contributed by atoms with Crippen molar-refractivity contribution in [3.63, 3.8) is 0 Å². The lowest BCUT2D eigenvalue weighted by Gasteiger charge is -2.47. The van der Waals surface area contributed by atoms with Crippen LogP contribution in [0.1, 0.15) is 149 Å². The first-order valence-corrected chi connectivity index (χ1v) is 28.2. The first kappa shape index (κ1) is 49.4. The molecule has 4 aliphatic rings. The molecule has 0 unspecified atom stereocenters. The molecule has 0 aromatic carbocycles. The number of fused-ring (bicyclic) bond motifs is 2. The molecule has 4 aliphatic heterocycles. The fourth-order valence-corrected chi connectivity index (χ4v) is 16.7. The highest BCUT2D eigenvalue weighted by atomic mass is 28.4. The van der Waals surface area contributed by atoms with E-state index in [4.69, 9.17) is 28.1 Å². The van der Waals surface area contributed by atoms with Crippen LogP contribution in [0.25, 0.3) is 0 Å². The van der Waals surface area contributed by atoms with Gasteiger partial charge >= 0.3 is 5.97 Å². The average Bonchev–Trinajstić information content (AvgIpc) is 3.61. The van der Waals surface area contributed by atoms with Crippen molar-refractivity contribution in [3.05, 3.63) is 24.3 Å². The van der Waals surface area contributed by atoms with Gasteiger partial charge in [-0.3, -0.25) is 4.79 Å². The monoisotopic (exact) mass is 843 g/mol.